The maximum Gasteiger partial charge on any atom is 0.268 e. The number of hydrogen-bond donors (Lipinski definition) is 0. The molecule has 2 rings (SSSR count). The molecule has 1 aliphatic rings. The summed E-state index contributed by atoms with van der Waals surface area (Å²) in [5.74, 6) is 0.956. The summed E-state index contributed by atoms with van der Waals surface area (Å²) < 4.78 is 2.30. The molecule has 12 heavy (non-hydrogen) atoms. The first kappa shape index (κ1) is 8.31. The molecule has 0 spiro atoms. The van der Waals surface area contributed by atoms with Gasteiger partial charge in [-0.15, -0.1) is 0 Å². The lowest BCUT2D eigenvalue weighted by Gasteiger charge is -2.02. The molecule has 3 nitrogen and oxygen atoms in total. The molecule has 0 amide bonds. The molecule has 0 radical (unpaired) electrons. The van der Waals surface area contributed by atoms with Crippen molar-refractivity contribution in [2.45, 2.75) is 18.6 Å². The van der Waals surface area contributed by atoms with Crippen LogP contribution in [0.2, 0.25) is 0 Å². The SMILES string of the molecule is Cc1nc2n(c(=O)c1Br)CCS2. The lowest BCUT2D eigenvalue weighted by molar-refractivity contribution is 0.644. The van der Waals surface area contributed by atoms with Crippen molar-refractivity contribution < 1.29 is 0 Å². The number of aromatic nitrogens is 2. The van der Waals surface area contributed by atoms with E-state index in [2.05, 4.69) is 20.9 Å². The summed E-state index contributed by atoms with van der Waals surface area (Å²) >= 11 is 4.86. The minimum absolute atomic E-state index is 0.0440. The second kappa shape index (κ2) is 2.88. The Morgan fingerprint density at radius 3 is 3.17 bits per heavy atom. The molecule has 1 aliphatic heterocycles. The van der Waals surface area contributed by atoms with E-state index in [-0.39, 0.29) is 5.56 Å². The molecule has 0 N–H and O–H groups in total. The molecule has 64 valence electrons. The smallest absolute Gasteiger partial charge is 0.268 e. The van der Waals surface area contributed by atoms with Crippen molar-refractivity contribution in [1.29, 1.82) is 0 Å². The minimum atomic E-state index is 0.0440. The van der Waals surface area contributed by atoms with Crippen LogP contribution in [0.15, 0.2) is 14.4 Å². The highest BCUT2D eigenvalue weighted by atomic mass is 79.9. The van der Waals surface area contributed by atoms with E-state index in [1.807, 2.05) is 6.92 Å². The maximum atomic E-state index is 11.5. The van der Waals surface area contributed by atoms with Crippen LogP contribution < -0.4 is 5.56 Å². The van der Waals surface area contributed by atoms with E-state index >= 15 is 0 Å². The second-order valence-electron chi connectivity index (χ2n) is 2.60. The summed E-state index contributed by atoms with van der Waals surface area (Å²) in [6.45, 7) is 2.62. The van der Waals surface area contributed by atoms with Gasteiger partial charge in [0.15, 0.2) is 5.16 Å². The highest BCUT2D eigenvalue weighted by molar-refractivity contribution is 9.10. The van der Waals surface area contributed by atoms with Crippen LogP contribution in [0.25, 0.3) is 0 Å². The van der Waals surface area contributed by atoms with Crippen LogP contribution in [0.4, 0.5) is 0 Å². The van der Waals surface area contributed by atoms with E-state index in [1.165, 1.54) is 0 Å². The third-order valence-electron chi connectivity index (χ3n) is 1.79. The Morgan fingerprint density at radius 2 is 2.42 bits per heavy atom. The van der Waals surface area contributed by atoms with Crippen molar-refractivity contribution in [2.24, 2.45) is 0 Å². The van der Waals surface area contributed by atoms with Gasteiger partial charge in [0, 0.05) is 12.3 Å². The van der Waals surface area contributed by atoms with E-state index < -0.39 is 0 Å². The van der Waals surface area contributed by atoms with Crippen molar-refractivity contribution in [2.75, 3.05) is 5.75 Å². The lowest BCUT2D eigenvalue weighted by atomic mass is 10.4. The van der Waals surface area contributed by atoms with E-state index in [0.717, 1.165) is 23.1 Å². The van der Waals surface area contributed by atoms with Crippen molar-refractivity contribution in [3.05, 3.63) is 20.5 Å². The van der Waals surface area contributed by atoms with Gasteiger partial charge >= 0.3 is 0 Å². The zero-order valence-electron chi connectivity index (χ0n) is 6.50. The number of rotatable bonds is 0. The standard InChI is InChI=1S/C7H7BrN2OS/c1-4-5(8)6(11)10-2-3-12-7(10)9-4/h2-3H2,1H3. The van der Waals surface area contributed by atoms with E-state index in [4.69, 9.17) is 0 Å². The quantitative estimate of drug-likeness (QED) is 0.650. The zero-order chi connectivity index (χ0) is 8.72. The first-order valence-electron chi connectivity index (χ1n) is 3.60. The third kappa shape index (κ3) is 1.11. The molecule has 0 aromatic carbocycles. The highest BCUT2D eigenvalue weighted by Crippen LogP contribution is 2.23. The second-order valence-corrected chi connectivity index (χ2v) is 4.45. The molecule has 0 saturated carbocycles. The molecule has 0 bridgehead atoms. The Labute approximate surface area is 82.3 Å². The summed E-state index contributed by atoms with van der Waals surface area (Å²) in [6.07, 6.45) is 0. The summed E-state index contributed by atoms with van der Waals surface area (Å²) in [5, 5.41) is 0.848. The first-order valence-corrected chi connectivity index (χ1v) is 5.38. The van der Waals surface area contributed by atoms with Crippen molar-refractivity contribution >= 4 is 27.7 Å². The van der Waals surface area contributed by atoms with Crippen LogP contribution in [0, 0.1) is 6.92 Å². The number of fused-ring (bicyclic) bond motifs is 1. The normalized spacial score (nSPS) is 14.8. The van der Waals surface area contributed by atoms with Gasteiger partial charge in [0.25, 0.3) is 5.56 Å². The zero-order valence-corrected chi connectivity index (χ0v) is 8.91. The van der Waals surface area contributed by atoms with Gasteiger partial charge in [-0.2, -0.15) is 0 Å². The fourth-order valence-electron chi connectivity index (χ4n) is 1.15. The third-order valence-corrected chi connectivity index (χ3v) is 3.66. The van der Waals surface area contributed by atoms with Gasteiger partial charge in [0.1, 0.15) is 4.47 Å². The van der Waals surface area contributed by atoms with Gasteiger partial charge in [-0.05, 0) is 22.9 Å². The number of thioether (sulfide) groups is 1. The summed E-state index contributed by atoms with van der Waals surface area (Å²) in [5.41, 5.74) is 0.822. The molecule has 5 heteroatoms. The fourth-order valence-corrected chi connectivity index (χ4v) is 2.44. The van der Waals surface area contributed by atoms with Crippen molar-refractivity contribution in [3.8, 4) is 0 Å². The van der Waals surface area contributed by atoms with Crippen molar-refractivity contribution in [3.63, 3.8) is 0 Å². The summed E-state index contributed by atoms with van der Waals surface area (Å²) in [4.78, 5) is 15.8. The molecule has 0 aliphatic carbocycles. The van der Waals surface area contributed by atoms with Gasteiger partial charge in [-0.3, -0.25) is 9.36 Å². The molecule has 1 aromatic rings. The van der Waals surface area contributed by atoms with Crippen LogP contribution in [0.1, 0.15) is 5.69 Å². The number of halogens is 1. The number of nitrogens with zero attached hydrogens (tertiary/aromatic N) is 2. The maximum absolute atomic E-state index is 11.5. The Balaban J connectivity index is 2.76. The highest BCUT2D eigenvalue weighted by Gasteiger charge is 2.16. The van der Waals surface area contributed by atoms with E-state index in [1.54, 1.807) is 16.3 Å². The van der Waals surface area contributed by atoms with Crippen LogP contribution in [-0.4, -0.2) is 15.3 Å². The molecule has 0 atom stereocenters. The topological polar surface area (TPSA) is 34.9 Å². The molecular formula is C7H7BrN2OS. The average molecular weight is 247 g/mol. The van der Waals surface area contributed by atoms with Crippen LogP contribution in [0.3, 0.4) is 0 Å². The molecular weight excluding hydrogens is 240 g/mol. The minimum Gasteiger partial charge on any atom is -0.286 e. The van der Waals surface area contributed by atoms with Gasteiger partial charge in [-0.1, -0.05) is 11.8 Å². The van der Waals surface area contributed by atoms with Gasteiger partial charge < -0.3 is 0 Å². The Hall–Kier alpha value is -0.290. The Bertz CT molecular complexity index is 388. The average Bonchev–Trinajstić information content (AvgIpc) is 2.48. The lowest BCUT2D eigenvalue weighted by Crippen LogP contribution is -2.21. The molecule has 0 unspecified atom stereocenters. The van der Waals surface area contributed by atoms with Gasteiger partial charge in [0.2, 0.25) is 0 Å². The number of aryl methyl sites for hydroxylation is 1. The first-order chi connectivity index (χ1) is 5.70. The molecule has 0 fully saturated rings. The van der Waals surface area contributed by atoms with Gasteiger partial charge in [-0.25, -0.2) is 4.98 Å². The fraction of sp³-hybridized carbons (Fsp3) is 0.429. The predicted octanol–water partition coefficient (Wildman–Crippen LogP) is 1.42. The largest absolute Gasteiger partial charge is 0.286 e. The Morgan fingerprint density at radius 1 is 1.67 bits per heavy atom. The predicted molar refractivity (Wildman–Crippen MR) is 51.7 cm³/mol. The Kier molecular flexibility index (Phi) is 2.00. The number of hydrogen-bond acceptors (Lipinski definition) is 3. The molecule has 0 saturated heterocycles. The van der Waals surface area contributed by atoms with Gasteiger partial charge in [0.05, 0.1) is 5.69 Å². The summed E-state index contributed by atoms with van der Waals surface area (Å²) in [6, 6.07) is 0. The molecule has 2 heterocycles. The monoisotopic (exact) mass is 246 g/mol. The van der Waals surface area contributed by atoms with Crippen LogP contribution in [0.5, 0.6) is 0 Å². The molecule has 1 aromatic heterocycles. The van der Waals surface area contributed by atoms with Crippen LogP contribution in [-0.2, 0) is 6.54 Å². The van der Waals surface area contributed by atoms with E-state index in [9.17, 15) is 4.79 Å². The van der Waals surface area contributed by atoms with Crippen LogP contribution >= 0.6 is 27.7 Å². The summed E-state index contributed by atoms with van der Waals surface area (Å²) in [7, 11) is 0. The van der Waals surface area contributed by atoms with E-state index in [0.29, 0.717) is 4.47 Å². The van der Waals surface area contributed by atoms with Crippen molar-refractivity contribution in [1.82, 2.24) is 9.55 Å².